The van der Waals surface area contributed by atoms with Gasteiger partial charge in [0, 0.05) is 17.9 Å². The summed E-state index contributed by atoms with van der Waals surface area (Å²) < 4.78 is 65.0. The van der Waals surface area contributed by atoms with E-state index in [1.54, 1.807) is 0 Å². The van der Waals surface area contributed by atoms with Crippen molar-refractivity contribution >= 4 is 26.2 Å². The summed E-state index contributed by atoms with van der Waals surface area (Å²) in [5.41, 5.74) is -5.43. The molecule has 0 bridgehead atoms. The standard InChI is InChI=1S/C13H23F3O4S2/c1-2-3-5-8-12(17)11-21(9-6-4-7-10-21)20-22(18,19)13(14,15)16/h2-11H2,1H3. The van der Waals surface area contributed by atoms with Crippen LogP contribution in [0.2, 0.25) is 0 Å². The summed E-state index contributed by atoms with van der Waals surface area (Å²) in [5, 5.41) is 0. The third-order valence-corrected chi connectivity index (χ3v) is 8.89. The van der Waals surface area contributed by atoms with Gasteiger partial charge in [-0.1, -0.05) is 26.2 Å². The summed E-state index contributed by atoms with van der Waals surface area (Å²) in [6, 6.07) is 0. The second kappa shape index (κ2) is 8.01. The number of unbranched alkanes of at least 4 members (excludes halogenated alkanes) is 2. The van der Waals surface area contributed by atoms with E-state index in [0.29, 0.717) is 19.3 Å². The van der Waals surface area contributed by atoms with Crippen molar-refractivity contribution in [2.24, 2.45) is 0 Å². The molecular formula is C13H23F3O4S2. The van der Waals surface area contributed by atoms with Crippen LogP contribution in [0.4, 0.5) is 13.2 Å². The topological polar surface area (TPSA) is 60.4 Å². The van der Waals surface area contributed by atoms with Gasteiger partial charge in [-0.25, -0.2) is 3.63 Å². The first-order valence-corrected chi connectivity index (χ1v) is 10.9. The highest BCUT2D eigenvalue weighted by atomic mass is 32.3. The van der Waals surface area contributed by atoms with E-state index in [1.165, 1.54) is 0 Å². The summed E-state index contributed by atoms with van der Waals surface area (Å²) in [6.45, 7) is 1.98. The molecule has 22 heavy (non-hydrogen) atoms. The molecule has 0 unspecified atom stereocenters. The van der Waals surface area contributed by atoms with Crippen molar-refractivity contribution in [3.63, 3.8) is 0 Å². The Bertz CT molecular complexity index is 468. The lowest BCUT2D eigenvalue weighted by atomic mass is 10.2. The lowest BCUT2D eigenvalue weighted by Gasteiger charge is -2.40. The first kappa shape index (κ1) is 19.8. The highest BCUT2D eigenvalue weighted by Crippen LogP contribution is 2.56. The quantitative estimate of drug-likeness (QED) is 0.484. The van der Waals surface area contributed by atoms with Crippen molar-refractivity contribution < 1.29 is 30.0 Å². The fraction of sp³-hybridized carbons (Fsp3) is 0.923. The normalized spacial score (nSPS) is 20.5. The summed E-state index contributed by atoms with van der Waals surface area (Å²) in [4.78, 5) is 12.0. The van der Waals surface area contributed by atoms with Crippen molar-refractivity contribution in [1.82, 2.24) is 0 Å². The van der Waals surface area contributed by atoms with Crippen LogP contribution in [0.25, 0.3) is 0 Å². The van der Waals surface area contributed by atoms with Gasteiger partial charge in [0.15, 0.2) is 0 Å². The Kier molecular flexibility index (Phi) is 7.20. The Morgan fingerprint density at radius 3 is 2.23 bits per heavy atom. The van der Waals surface area contributed by atoms with E-state index in [1.807, 2.05) is 6.92 Å². The van der Waals surface area contributed by atoms with Crippen LogP contribution in [0.3, 0.4) is 0 Å². The second-order valence-corrected chi connectivity index (χ2v) is 10.5. The van der Waals surface area contributed by atoms with Crippen molar-refractivity contribution in [2.45, 2.75) is 57.4 Å². The Morgan fingerprint density at radius 1 is 1.14 bits per heavy atom. The monoisotopic (exact) mass is 364 g/mol. The SMILES string of the molecule is CCCCCC(=O)CS1(OS(=O)(=O)C(F)(F)F)CCCCC1. The zero-order chi connectivity index (χ0) is 16.9. The van der Waals surface area contributed by atoms with Crippen LogP contribution >= 0.6 is 10.3 Å². The van der Waals surface area contributed by atoms with Gasteiger partial charge in [0.25, 0.3) is 0 Å². The van der Waals surface area contributed by atoms with Crippen molar-refractivity contribution in [1.29, 1.82) is 0 Å². The predicted octanol–water partition coefficient (Wildman–Crippen LogP) is 3.91. The molecule has 1 fully saturated rings. The third-order valence-electron chi connectivity index (χ3n) is 3.53. The highest BCUT2D eigenvalue weighted by Gasteiger charge is 2.51. The molecule has 9 heteroatoms. The molecule has 1 saturated heterocycles. The molecule has 0 saturated carbocycles. The highest BCUT2D eigenvalue weighted by molar-refractivity contribution is 8.33. The molecule has 0 N–H and O–H groups in total. The molecule has 1 heterocycles. The number of rotatable bonds is 8. The smallest absolute Gasteiger partial charge is 0.299 e. The van der Waals surface area contributed by atoms with Crippen molar-refractivity contribution in [3.8, 4) is 0 Å². The lowest BCUT2D eigenvalue weighted by molar-refractivity contribution is -0.116. The second-order valence-electron chi connectivity index (χ2n) is 5.54. The number of Topliss-reactive ketones (excluding diaryl/α,β-unsaturated/α-hetero) is 1. The van der Waals surface area contributed by atoms with Gasteiger partial charge in [-0.15, -0.1) is 10.3 Å². The van der Waals surface area contributed by atoms with Crippen molar-refractivity contribution in [2.75, 3.05) is 17.3 Å². The van der Waals surface area contributed by atoms with E-state index < -0.39 is 25.9 Å². The lowest BCUT2D eigenvalue weighted by Crippen LogP contribution is -2.32. The molecule has 0 aromatic heterocycles. The predicted molar refractivity (Wildman–Crippen MR) is 81.3 cm³/mol. The van der Waals surface area contributed by atoms with Gasteiger partial charge in [0.2, 0.25) is 0 Å². The van der Waals surface area contributed by atoms with Gasteiger partial charge < -0.3 is 0 Å². The van der Waals surface area contributed by atoms with Crippen LogP contribution in [0, 0.1) is 0 Å². The maximum Gasteiger partial charge on any atom is 0.523 e. The van der Waals surface area contributed by atoms with Gasteiger partial charge in [-0.3, -0.25) is 4.79 Å². The fourth-order valence-electron chi connectivity index (χ4n) is 2.41. The summed E-state index contributed by atoms with van der Waals surface area (Å²) in [7, 11) is -8.17. The Morgan fingerprint density at radius 2 is 1.73 bits per heavy atom. The zero-order valence-corrected chi connectivity index (χ0v) is 14.3. The summed E-state index contributed by atoms with van der Waals surface area (Å²) in [6.07, 6.45) is 4.79. The van der Waals surface area contributed by atoms with E-state index in [2.05, 4.69) is 3.63 Å². The van der Waals surface area contributed by atoms with Crippen molar-refractivity contribution in [3.05, 3.63) is 0 Å². The van der Waals surface area contributed by atoms with Gasteiger partial charge in [0.05, 0.1) is 5.75 Å². The molecule has 0 amide bonds. The molecule has 0 aromatic rings. The molecule has 0 radical (unpaired) electrons. The Labute approximate surface area is 131 Å². The van der Waals surface area contributed by atoms with E-state index in [9.17, 15) is 26.4 Å². The van der Waals surface area contributed by atoms with Gasteiger partial charge in [-0.05, 0) is 19.3 Å². The number of hydrogen-bond acceptors (Lipinski definition) is 4. The number of ketones is 1. The molecule has 0 aromatic carbocycles. The molecular weight excluding hydrogens is 341 g/mol. The van der Waals surface area contributed by atoms with E-state index in [0.717, 1.165) is 19.3 Å². The number of hydrogen-bond donors (Lipinski definition) is 0. The Hall–Kier alpha value is -0.280. The van der Waals surface area contributed by atoms with Gasteiger partial charge in [-0.2, -0.15) is 21.6 Å². The summed E-state index contributed by atoms with van der Waals surface area (Å²) >= 11 is 0. The molecule has 1 rings (SSSR count). The average molecular weight is 364 g/mol. The van der Waals surface area contributed by atoms with Crippen LogP contribution in [0.15, 0.2) is 0 Å². The van der Waals surface area contributed by atoms with Crippen LogP contribution < -0.4 is 0 Å². The molecule has 132 valence electrons. The minimum Gasteiger partial charge on any atom is -0.299 e. The zero-order valence-electron chi connectivity index (χ0n) is 12.7. The molecule has 0 aliphatic carbocycles. The fourth-order valence-corrected chi connectivity index (χ4v) is 7.66. The van der Waals surface area contributed by atoms with E-state index in [4.69, 9.17) is 0 Å². The van der Waals surface area contributed by atoms with Gasteiger partial charge in [0.1, 0.15) is 5.78 Å². The number of carbonyl (C=O) groups is 1. The number of halogens is 3. The third kappa shape index (κ3) is 5.73. The van der Waals surface area contributed by atoms with Crippen LogP contribution in [0.1, 0.15) is 51.9 Å². The number of carbonyl (C=O) groups excluding carboxylic acids is 1. The average Bonchev–Trinajstić information content (AvgIpc) is 2.37. The Balaban J connectivity index is 2.80. The molecule has 1 aliphatic heterocycles. The minimum absolute atomic E-state index is 0.175. The maximum absolute atomic E-state index is 12.6. The maximum atomic E-state index is 12.6. The van der Waals surface area contributed by atoms with E-state index >= 15 is 0 Å². The molecule has 1 aliphatic rings. The first-order chi connectivity index (χ1) is 10.1. The van der Waals surface area contributed by atoms with Crippen LogP contribution in [-0.2, 0) is 18.5 Å². The molecule has 4 nitrogen and oxygen atoms in total. The molecule has 0 atom stereocenters. The summed E-state index contributed by atoms with van der Waals surface area (Å²) in [5.74, 6) is 0.137. The van der Waals surface area contributed by atoms with Crippen LogP contribution in [0.5, 0.6) is 0 Å². The number of alkyl halides is 3. The minimum atomic E-state index is -5.64. The first-order valence-electron chi connectivity index (χ1n) is 7.42. The largest absolute Gasteiger partial charge is 0.523 e. The van der Waals surface area contributed by atoms with E-state index in [-0.39, 0.29) is 29.5 Å². The molecule has 0 spiro atoms. The van der Waals surface area contributed by atoms with Crippen LogP contribution in [-0.4, -0.2) is 37.0 Å². The van der Waals surface area contributed by atoms with Gasteiger partial charge >= 0.3 is 15.6 Å².